The lowest BCUT2D eigenvalue weighted by Gasteiger charge is -2.15. The monoisotopic (exact) mass is 362 g/mol. The van der Waals surface area contributed by atoms with E-state index in [4.69, 9.17) is 4.74 Å². The molecule has 0 bridgehead atoms. The van der Waals surface area contributed by atoms with E-state index in [1.807, 2.05) is 0 Å². The average Bonchev–Trinajstić information content (AvgIpc) is 2.51. The molecule has 0 saturated heterocycles. The molecular weight excluding hydrogens is 350 g/mol. The molecule has 0 unspecified atom stereocenters. The van der Waals surface area contributed by atoms with Crippen LogP contribution in [0.1, 0.15) is 34.0 Å². The normalized spacial score (nSPS) is 12.1. The van der Waals surface area contributed by atoms with Gasteiger partial charge in [0, 0.05) is 5.56 Å². The number of carbonyl (C=O) groups excluding carboxylic acids is 1. The number of carbonyl (C=O) groups is 1. The minimum Gasteiger partial charge on any atom is -0.489 e. The van der Waals surface area contributed by atoms with Crippen LogP contribution in [0.25, 0.3) is 0 Å². The van der Waals surface area contributed by atoms with Gasteiger partial charge < -0.3 is 4.74 Å². The Morgan fingerprint density at radius 2 is 1.48 bits per heavy atom. The Bertz CT molecular complexity index is 745. The third-order valence-electron chi connectivity index (χ3n) is 3.30. The van der Waals surface area contributed by atoms with Crippen LogP contribution in [0.15, 0.2) is 42.5 Å². The molecule has 0 aliphatic carbocycles. The lowest BCUT2D eigenvalue weighted by Crippen LogP contribution is -2.11. The molecule has 2 nitrogen and oxygen atoms in total. The standard InChI is InChI=1S/C17H12F6O2/c1-10(24)12-4-2-3-11(5-12)9-25-15-7-13(16(18,19)20)6-14(8-15)17(21,22)23/h2-8H,9H2,1H3. The molecule has 0 amide bonds. The molecule has 25 heavy (non-hydrogen) atoms. The third kappa shape index (κ3) is 4.98. The smallest absolute Gasteiger partial charge is 0.416 e. The fourth-order valence-electron chi connectivity index (χ4n) is 2.06. The molecule has 0 saturated carbocycles. The summed E-state index contributed by atoms with van der Waals surface area (Å²) in [7, 11) is 0. The molecule has 0 N–H and O–H groups in total. The summed E-state index contributed by atoms with van der Waals surface area (Å²) >= 11 is 0. The van der Waals surface area contributed by atoms with Crippen molar-refractivity contribution in [3.05, 3.63) is 64.7 Å². The SMILES string of the molecule is CC(=O)c1cccc(COc2cc(C(F)(F)F)cc(C(F)(F)F)c2)c1. The van der Waals surface area contributed by atoms with Crippen LogP contribution in [-0.2, 0) is 19.0 Å². The maximum atomic E-state index is 12.8. The van der Waals surface area contributed by atoms with Crippen LogP contribution >= 0.6 is 0 Å². The number of hydrogen-bond acceptors (Lipinski definition) is 2. The Labute approximate surface area is 139 Å². The predicted molar refractivity (Wildman–Crippen MR) is 77.2 cm³/mol. The molecule has 8 heteroatoms. The summed E-state index contributed by atoms with van der Waals surface area (Å²) in [6, 6.07) is 7.13. The van der Waals surface area contributed by atoms with Gasteiger partial charge in [0.25, 0.3) is 0 Å². The van der Waals surface area contributed by atoms with E-state index < -0.39 is 29.2 Å². The maximum absolute atomic E-state index is 12.8. The zero-order valence-corrected chi connectivity index (χ0v) is 12.8. The van der Waals surface area contributed by atoms with Crippen molar-refractivity contribution in [2.75, 3.05) is 0 Å². The van der Waals surface area contributed by atoms with Gasteiger partial charge in [-0.05, 0) is 36.8 Å². The third-order valence-corrected chi connectivity index (χ3v) is 3.30. The zero-order valence-electron chi connectivity index (χ0n) is 12.8. The maximum Gasteiger partial charge on any atom is 0.416 e. The van der Waals surface area contributed by atoms with Gasteiger partial charge >= 0.3 is 12.4 Å². The molecule has 0 spiro atoms. The van der Waals surface area contributed by atoms with Crippen molar-refractivity contribution in [1.29, 1.82) is 0 Å². The first-order valence-electron chi connectivity index (χ1n) is 6.99. The van der Waals surface area contributed by atoms with Crippen LogP contribution in [-0.4, -0.2) is 5.78 Å². The van der Waals surface area contributed by atoms with Gasteiger partial charge in [-0.15, -0.1) is 0 Å². The van der Waals surface area contributed by atoms with Crippen LogP contribution in [0.2, 0.25) is 0 Å². The van der Waals surface area contributed by atoms with E-state index in [9.17, 15) is 31.1 Å². The number of ether oxygens (including phenoxy) is 1. The molecule has 0 aliphatic rings. The van der Waals surface area contributed by atoms with Crippen molar-refractivity contribution in [2.24, 2.45) is 0 Å². The predicted octanol–water partition coefficient (Wildman–Crippen LogP) is 5.51. The lowest BCUT2D eigenvalue weighted by atomic mass is 10.1. The molecule has 0 fully saturated rings. The second kappa shape index (κ2) is 6.78. The second-order valence-electron chi connectivity index (χ2n) is 5.29. The van der Waals surface area contributed by atoms with Gasteiger partial charge in [0.05, 0.1) is 11.1 Å². The number of alkyl halides is 6. The quantitative estimate of drug-likeness (QED) is 0.530. The lowest BCUT2D eigenvalue weighted by molar-refractivity contribution is -0.143. The Morgan fingerprint density at radius 1 is 0.920 bits per heavy atom. The van der Waals surface area contributed by atoms with E-state index in [0.29, 0.717) is 23.3 Å². The van der Waals surface area contributed by atoms with Gasteiger partial charge in [0.2, 0.25) is 0 Å². The minimum absolute atomic E-state index is 0.0310. The van der Waals surface area contributed by atoms with E-state index in [1.165, 1.54) is 19.1 Å². The highest BCUT2D eigenvalue weighted by Gasteiger charge is 2.37. The first-order valence-corrected chi connectivity index (χ1v) is 6.99. The molecule has 2 aromatic carbocycles. The summed E-state index contributed by atoms with van der Waals surface area (Å²) in [5.41, 5.74) is -2.09. The molecule has 0 radical (unpaired) electrons. The van der Waals surface area contributed by atoms with Gasteiger partial charge in [-0.2, -0.15) is 26.3 Å². The van der Waals surface area contributed by atoms with Crippen LogP contribution < -0.4 is 4.74 Å². The number of rotatable bonds is 4. The Morgan fingerprint density at radius 3 is 1.96 bits per heavy atom. The molecule has 2 rings (SSSR count). The Balaban J connectivity index is 2.30. The summed E-state index contributed by atoms with van der Waals surface area (Å²) in [5, 5.41) is 0. The van der Waals surface area contributed by atoms with Gasteiger partial charge in [-0.25, -0.2) is 0 Å². The van der Waals surface area contributed by atoms with Gasteiger partial charge in [-0.1, -0.05) is 18.2 Å². The van der Waals surface area contributed by atoms with Crippen molar-refractivity contribution in [3.8, 4) is 5.75 Å². The molecule has 0 atom stereocenters. The van der Waals surface area contributed by atoms with E-state index >= 15 is 0 Å². The second-order valence-corrected chi connectivity index (χ2v) is 5.29. The van der Waals surface area contributed by atoms with Gasteiger partial charge in [0.15, 0.2) is 5.78 Å². The fraction of sp³-hybridized carbons (Fsp3) is 0.235. The number of Topliss-reactive ketones (excluding diaryl/α,β-unsaturated/α-hetero) is 1. The molecule has 2 aromatic rings. The van der Waals surface area contributed by atoms with Crippen molar-refractivity contribution in [1.82, 2.24) is 0 Å². The summed E-state index contributed by atoms with van der Waals surface area (Å²) in [6.45, 7) is 1.06. The molecule has 134 valence electrons. The number of ketones is 1. The summed E-state index contributed by atoms with van der Waals surface area (Å²) in [5.74, 6) is -0.782. The summed E-state index contributed by atoms with van der Waals surface area (Å²) in [4.78, 5) is 11.3. The minimum atomic E-state index is -4.94. The van der Waals surface area contributed by atoms with Crippen molar-refractivity contribution >= 4 is 5.78 Å². The Hall–Kier alpha value is -2.51. The highest BCUT2D eigenvalue weighted by molar-refractivity contribution is 5.94. The van der Waals surface area contributed by atoms with E-state index in [2.05, 4.69) is 0 Å². The Kier molecular flexibility index (Phi) is 5.10. The zero-order chi connectivity index (χ0) is 18.8. The highest BCUT2D eigenvalue weighted by atomic mass is 19.4. The first kappa shape index (κ1) is 18.8. The van der Waals surface area contributed by atoms with Gasteiger partial charge in [-0.3, -0.25) is 4.79 Å². The number of halogens is 6. The molecule has 0 aromatic heterocycles. The average molecular weight is 362 g/mol. The van der Waals surface area contributed by atoms with Crippen molar-refractivity contribution in [2.45, 2.75) is 25.9 Å². The topological polar surface area (TPSA) is 26.3 Å². The largest absolute Gasteiger partial charge is 0.489 e. The molecular formula is C17H12F6O2. The van der Waals surface area contributed by atoms with Crippen molar-refractivity contribution < 1.29 is 35.9 Å². The number of benzene rings is 2. The summed E-state index contributed by atoms with van der Waals surface area (Å²) in [6.07, 6.45) is -9.87. The fourth-order valence-corrected chi connectivity index (χ4v) is 2.06. The van der Waals surface area contributed by atoms with Crippen LogP contribution in [0, 0.1) is 0 Å². The first-order chi connectivity index (χ1) is 11.5. The van der Waals surface area contributed by atoms with Crippen LogP contribution in [0.3, 0.4) is 0 Å². The van der Waals surface area contributed by atoms with E-state index in [1.54, 1.807) is 12.1 Å². The highest BCUT2D eigenvalue weighted by Crippen LogP contribution is 2.38. The molecule has 0 aliphatic heterocycles. The molecule has 0 heterocycles. The van der Waals surface area contributed by atoms with Crippen LogP contribution in [0.4, 0.5) is 26.3 Å². The van der Waals surface area contributed by atoms with Gasteiger partial charge in [0.1, 0.15) is 12.4 Å². The van der Waals surface area contributed by atoms with Crippen LogP contribution in [0.5, 0.6) is 5.75 Å². The van der Waals surface area contributed by atoms with E-state index in [0.717, 1.165) is 0 Å². The van der Waals surface area contributed by atoms with Crippen molar-refractivity contribution in [3.63, 3.8) is 0 Å². The van der Waals surface area contributed by atoms with E-state index in [-0.39, 0.29) is 18.5 Å². The summed E-state index contributed by atoms with van der Waals surface area (Å²) < 4.78 is 81.8. The number of hydrogen-bond donors (Lipinski definition) is 0.